The molecule has 0 aromatic heterocycles. The van der Waals surface area contributed by atoms with Crippen LogP contribution in [-0.2, 0) is 14.8 Å². The summed E-state index contributed by atoms with van der Waals surface area (Å²) in [5.41, 5.74) is 4.42. The number of aryl methyl sites for hydroxylation is 1. The van der Waals surface area contributed by atoms with Gasteiger partial charge < -0.3 is 0 Å². The molecule has 3 aromatic rings. The second-order valence-corrected chi connectivity index (χ2v) is 9.39. The fourth-order valence-electron chi connectivity index (χ4n) is 2.72. The van der Waals surface area contributed by atoms with Gasteiger partial charge in [0.2, 0.25) is 0 Å². The van der Waals surface area contributed by atoms with Crippen LogP contribution in [0.5, 0.6) is 0 Å². The van der Waals surface area contributed by atoms with Crippen LogP contribution in [0, 0.1) is 6.92 Å². The second-order valence-electron chi connectivity index (χ2n) is 6.66. The van der Waals surface area contributed by atoms with Gasteiger partial charge in [-0.15, -0.1) is 0 Å². The van der Waals surface area contributed by atoms with Gasteiger partial charge in [0.1, 0.15) is 6.54 Å². The summed E-state index contributed by atoms with van der Waals surface area (Å²) in [6.45, 7) is 1.45. The van der Waals surface area contributed by atoms with E-state index < -0.39 is 22.5 Å². The van der Waals surface area contributed by atoms with Gasteiger partial charge in [-0.1, -0.05) is 71.2 Å². The first-order chi connectivity index (χ1) is 14.8. The average molecular weight is 476 g/mol. The van der Waals surface area contributed by atoms with E-state index in [2.05, 4.69) is 10.5 Å². The highest BCUT2D eigenvalue weighted by atomic mass is 35.5. The molecule has 3 rings (SSSR count). The lowest BCUT2D eigenvalue weighted by Gasteiger charge is -2.24. The van der Waals surface area contributed by atoms with Gasteiger partial charge in [-0.25, -0.2) is 13.8 Å². The molecule has 1 amide bonds. The molecule has 0 fully saturated rings. The quantitative estimate of drug-likeness (QED) is 0.399. The van der Waals surface area contributed by atoms with Crippen LogP contribution in [0.3, 0.4) is 0 Å². The van der Waals surface area contributed by atoms with Crippen molar-refractivity contribution in [2.24, 2.45) is 5.10 Å². The molecule has 9 heteroatoms. The summed E-state index contributed by atoms with van der Waals surface area (Å²) in [7, 11) is -4.06. The first-order valence-electron chi connectivity index (χ1n) is 9.18. The molecule has 160 valence electrons. The Hall–Kier alpha value is -2.87. The third-order valence-corrected chi connectivity index (χ3v) is 6.46. The topological polar surface area (TPSA) is 78.8 Å². The maximum absolute atomic E-state index is 13.2. The molecule has 6 nitrogen and oxygen atoms in total. The summed E-state index contributed by atoms with van der Waals surface area (Å²) in [6, 6.07) is 19.7. The number of carbonyl (C=O) groups is 1. The van der Waals surface area contributed by atoms with Crippen LogP contribution in [0.25, 0.3) is 0 Å². The Labute approximate surface area is 191 Å². The molecule has 3 aromatic carbocycles. The van der Waals surface area contributed by atoms with E-state index in [0.717, 1.165) is 15.4 Å². The smallest absolute Gasteiger partial charge is 0.264 e. The van der Waals surface area contributed by atoms with Crippen LogP contribution >= 0.6 is 23.2 Å². The molecule has 31 heavy (non-hydrogen) atoms. The first kappa shape index (κ1) is 22.8. The van der Waals surface area contributed by atoms with Gasteiger partial charge in [-0.2, -0.15) is 5.10 Å². The zero-order valence-corrected chi connectivity index (χ0v) is 18.8. The standard InChI is InChI=1S/C22H19Cl2N3O3S/c1-16-7-9-17(10-8-16)14-25-26-22(28)15-27(20-12-18(23)11-19(24)13-20)31(29,30)21-5-3-2-4-6-21/h2-14H,15H2,1H3,(H,26,28)/b25-14-. The summed E-state index contributed by atoms with van der Waals surface area (Å²) < 4.78 is 27.4. The Kier molecular flexibility index (Phi) is 7.33. The number of nitrogens with zero attached hydrogens (tertiary/aromatic N) is 2. The zero-order chi connectivity index (χ0) is 22.4. The number of halogens is 2. The Morgan fingerprint density at radius 2 is 1.61 bits per heavy atom. The maximum Gasteiger partial charge on any atom is 0.264 e. The average Bonchev–Trinajstić information content (AvgIpc) is 2.73. The summed E-state index contributed by atoms with van der Waals surface area (Å²) in [6.07, 6.45) is 1.48. The molecule has 0 bridgehead atoms. The molecular formula is C22H19Cl2N3O3S. The van der Waals surface area contributed by atoms with E-state index in [9.17, 15) is 13.2 Å². The van der Waals surface area contributed by atoms with Crippen molar-refractivity contribution >= 4 is 51.0 Å². The number of hydrogen-bond donors (Lipinski definition) is 1. The van der Waals surface area contributed by atoms with E-state index in [4.69, 9.17) is 23.2 Å². The summed E-state index contributed by atoms with van der Waals surface area (Å²) in [5, 5.41) is 4.40. The summed E-state index contributed by atoms with van der Waals surface area (Å²) >= 11 is 12.1. The summed E-state index contributed by atoms with van der Waals surface area (Å²) in [5.74, 6) is -0.626. The minimum Gasteiger partial charge on any atom is -0.271 e. The molecule has 0 radical (unpaired) electrons. The third-order valence-electron chi connectivity index (χ3n) is 4.23. The lowest BCUT2D eigenvalue weighted by Crippen LogP contribution is -2.39. The third kappa shape index (κ3) is 6.07. The fraction of sp³-hybridized carbons (Fsp3) is 0.0909. The molecule has 1 N–H and O–H groups in total. The molecule has 0 saturated carbocycles. The lowest BCUT2D eigenvalue weighted by molar-refractivity contribution is -0.119. The second kappa shape index (κ2) is 9.96. The lowest BCUT2D eigenvalue weighted by atomic mass is 10.2. The SMILES string of the molecule is Cc1ccc(/C=N\NC(=O)CN(c2cc(Cl)cc(Cl)c2)S(=O)(=O)c2ccccc2)cc1. The van der Waals surface area contributed by atoms with Crippen LogP contribution in [0.4, 0.5) is 5.69 Å². The van der Waals surface area contributed by atoms with Gasteiger partial charge in [-0.05, 0) is 42.8 Å². The fourth-order valence-corrected chi connectivity index (χ4v) is 4.66. The molecule has 0 heterocycles. The predicted octanol–water partition coefficient (Wildman–Crippen LogP) is 4.65. The maximum atomic E-state index is 13.2. The zero-order valence-electron chi connectivity index (χ0n) is 16.5. The number of amides is 1. The van der Waals surface area contributed by atoms with Crippen LogP contribution in [0.15, 0.2) is 82.8 Å². The predicted molar refractivity (Wildman–Crippen MR) is 124 cm³/mol. The van der Waals surface area contributed by atoms with E-state index in [-0.39, 0.29) is 20.6 Å². The molecule has 0 aliphatic rings. The van der Waals surface area contributed by atoms with Gasteiger partial charge in [0.05, 0.1) is 16.8 Å². The number of anilines is 1. The van der Waals surface area contributed by atoms with Crippen molar-refractivity contribution in [1.82, 2.24) is 5.43 Å². The Morgan fingerprint density at radius 3 is 2.23 bits per heavy atom. The van der Waals surface area contributed by atoms with Gasteiger partial charge in [0, 0.05) is 10.0 Å². The summed E-state index contributed by atoms with van der Waals surface area (Å²) in [4.78, 5) is 12.6. The molecule has 0 aliphatic carbocycles. The van der Waals surface area contributed by atoms with Gasteiger partial charge in [0.15, 0.2) is 0 Å². The van der Waals surface area contributed by atoms with Crippen molar-refractivity contribution in [2.75, 3.05) is 10.8 Å². The number of hydrogen-bond acceptors (Lipinski definition) is 4. The van der Waals surface area contributed by atoms with E-state index >= 15 is 0 Å². The van der Waals surface area contributed by atoms with Crippen LogP contribution in [0.1, 0.15) is 11.1 Å². The van der Waals surface area contributed by atoms with E-state index in [1.807, 2.05) is 31.2 Å². The Bertz CT molecular complexity index is 1180. The van der Waals surface area contributed by atoms with Crippen molar-refractivity contribution in [3.8, 4) is 0 Å². The minimum absolute atomic E-state index is 0.0297. The van der Waals surface area contributed by atoms with Crippen molar-refractivity contribution in [3.05, 3.63) is 94.0 Å². The van der Waals surface area contributed by atoms with Crippen LogP contribution < -0.4 is 9.73 Å². The first-order valence-corrected chi connectivity index (χ1v) is 11.4. The highest BCUT2D eigenvalue weighted by Crippen LogP contribution is 2.29. The van der Waals surface area contributed by atoms with Gasteiger partial charge in [-0.3, -0.25) is 9.10 Å². The van der Waals surface area contributed by atoms with E-state index in [1.54, 1.807) is 18.2 Å². The van der Waals surface area contributed by atoms with Crippen LogP contribution in [-0.4, -0.2) is 27.1 Å². The Balaban J connectivity index is 1.86. The van der Waals surface area contributed by atoms with E-state index in [1.165, 1.54) is 36.5 Å². The number of nitrogens with one attached hydrogen (secondary N) is 1. The van der Waals surface area contributed by atoms with Crippen molar-refractivity contribution in [3.63, 3.8) is 0 Å². The molecule has 0 unspecified atom stereocenters. The van der Waals surface area contributed by atoms with E-state index in [0.29, 0.717) is 0 Å². The number of rotatable bonds is 7. The number of hydrazone groups is 1. The molecule has 0 atom stereocenters. The minimum atomic E-state index is -4.06. The molecule has 0 saturated heterocycles. The van der Waals surface area contributed by atoms with Crippen LogP contribution in [0.2, 0.25) is 10.0 Å². The number of sulfonamides is 1. The molecule has 0 aliphatic heterocycles. The largest absolute Gasteiger partial charge is 0.271 e. The Morgan fingerprint density at radius 1 is 1.00 bits per heavy atom. The van der Waals surface area contributed by atoms with Crippen molar-refractivity contribution in [1.29, 1.82) is 0 Å². The van der Waals surface area contributed by atoms with Gasteiger partial charge >= 0.3 is 0 Å². The number of benzene rings is 3. The van der Waals surface area contributed by atoms with Gasteiger partial charge in [0.25, 0.3) is 15.9 Å². The monoisotopic (exact) mass is 475 g/mol. The molecular weight excluding hydrogens is 457 g/mol. The van der Waals surface area contributed by atoms with Crippen molar-refractivity contribution in [2.45, 2.75) is 11.8 Å². The van der Waals surface area contributed by atoms with Crippen molar-refractivity contribution < 1.29 is 13.2 Å². The normalized spacial score (nSPS) is 11.5. The number of carbonyl (C=O) groups excluding carboxylic acids is 1. The highest BCUT2D eigenvalue weighted by Gasteiger charge is 2.27. The molecule has 0 spiro atoms. The highest BCUT2D eigenvalue weighted by molar-refractivity contribution is 7.92.